The Morgan fingerprint density at radius 1 is 1.19 bits per heavy atom. The molecule has 2 aromatic heterocycles. The standard InChI is InChI=1S/C24H26N4O4/c1-15-19(25-12-16-13-31-14-16)6-7-20(26-15)17-4-3-5-18(10-17)21-11-22(32-27-21)24(30)8-9-28(2)23(24)29/h3-7,10-11,16,25,30H,8-9,12-14H2,1-2H3. The number of carbonyl (C=O) groups is 1. The van der Waals surface area contributed by atoms with Crippen LogP contribution >= 0.6 is 0 Å². The van der Waals surface area contributed by atoms with Gasteiger partial charge in [0.25, 0.3) is 5.91 Å². The molecule has 5 rings (SSSR count). The lowest BCUT2D eigenvalue weighted by Crippen LogP contribution is -2.35. The lowest BCUT2D eigenvalue weighted by atomic mass is 9.97. The average Bonchev–Trinajstić information content (AvgIpc) is 3.36. The molecule has 2 fully saturated rings. The zero-order valence-corrected chi connectivity index (χ0v) is 18.2. The highest BCUT2D eigenvalue weighted by Crippen LogP contribution is 2.35. The maximum absolute atomic E-state index is 12.3. The Morgan fingerprint density at radius 2 is 1.97 bits per heavy atom. The number of nitrogens with one attached hydrogen (secondary N) is 1. The molecule has 4 heterocycles. The molecule has 2 N–H and O–H groups in total. The van der Waals surface area contributed by atoms with E-state index in [2.05, 4.69) is 16.5 Å². The van der Waals surface area contributed by atoms with Crippen LogP contribution in [0, 0.1) is 12.8 Å². The normalized spacial score (nSPS) is 21.1. The van der Waals surface area contributed by atoms with Crippen LogP contribution in [0.25, 0.3) is 22.5 Å². The van der Waals surface area contributed by atoms with Gasteiger partial charge in [-0.15, -0.1) is 0 Å². The summed E-state index contributed by atoms with van der Waals surface area (Å²) in [4.78, 5) is 18.6. The van der Waals surface area contributed by atoms with Gasteiger partial charge in [0.15, 0.2) is 5.76 Å². The summed E-state index contributed by atoms with van der Waals surface area (Å²) in [6.45, 7) is 4.99. The van der Waals surface area contributed by atoms with Gasteiger partial charge in [-0.3, -0.25) is 9.78 Å². The molecule has 0 spiro atoms. The summed E-state index contributed by atoms with van der Waals surface area (Å²) in [6, 6.07) is 13.5. The van der Waals surface area contributed by atoms with Gasteiger partial charge in [0.05, 0.1) is 30.3 Å². The first-order chi connectivity index (χ1) is 15.4. The van der Waals surface area contributed by atoms with Crippen molar-refractivity contribution in [3.05, 3.63) is 53.9 Å². The number of anilines is 1. The number of amides is 1. The van der Waals surface area contributed by atoms with Crippen LogP contribution in [0.4, 0.5) is 5.69 Å². The van der Waals surface area contributed by atoms with Gasteiger partial charge >= 0.3 is 0 Å². The van der Waals surface area contributed by atoms with Gasteiger partial charge in [0.1, 0.15) is 5.69 Å². The van der Waals surface area contributed by atoms with E-state index in [9.17, 15) is 9.90 Å². The number of likely N-dealkylation sites (tertiary alicyclic amines) is 1. The molecule has 3 aromatic rings. The number of hydrogen-bond donors (Lipinski definition) is 2. The summed E-state index contributed by atoms with van der Waals surface area (Å²) in [5.74, 6) is 0.372. The third kappa shape index (κ3) is 3.65. The molecule has 8 nitrogen and oxygen atoms in total. The van der Waals surface area contributed by atoms with E-state index in [1.54, 1.807) is 13.1 Å². The van der Waals surface area contributed by atoms with Crippen molar-refractivity contribution in [2.24, 2.45) is 5.92 Å². The van der Waals surface area contributed by atoms with Crippen molar-refractivity contribution < 1.29 is 19.2 Å². The van der Waals surface area contributed by atoms with E-state index < -0.39 is 5.60 Å². The van der Waals surface area contributed by atoms with Crippen molar-refractivity contribution in [3.63, 3.8) is 0 Å². The number of benzene rings is 1. The summed E-state index contributed by atoms with van der Waals surface area (Å²) < 4.78 is 10.6. The number of carbonyl (C=O) groups excluding carboxylic acids is 1. The van der Waals surface area contributed by atoms with Crippen LogP contribution in [0.15, 0.2) is 47.0 Å². The van der Waals surface area contributed by atoms with Gasteiger partial charge in [0.2, 0.25) is 5.60 Å². The molecular weight excluding hydrogens is 408 g/mol. The molecule has 1 aromatic carbocycles. The van der Waals surface area contributed by atoms with E-state index >= 15 is 0 Å². The Balaban J connectivity index is 1.37. The first-order valence-electron chi connectivity index (χ1n) is 10.8. The molecule has 166 valence electrons. The number of aliphatic hydroxyl groups is 1. The molecule has 2 saturated heterocycles. The van der Waals surface area contributed by atoms with Crippen molar-refractivity contribution in [1.82, 2.24) is 15.0 Å². The highest BCUT2D eigenvalue weighted by molar-refractivity contribution is 5.87. The van der Waals surface area contributed by atoms with Crippen molar-refractivity contribution in [2.75, 3.05) is 38.7 Å². The van der Waals surface area contributed by atoms with E-state index in [0.717, 1.165) is 48.0 Å². The van der Waals surface area contributed by atoms with Crippen LogP contribution in [0.2, 0.25) is 0 Å². The summed E-state index contributed by atoms with van der Waals surface area (Å²) in [5, 5.41) is 18.4. The molecule has 2 aliphatic heterocycles. The highest BCUT2D eigenvalue weighted by Gasteiger charge is 2.48. The SMILES string of the molecule is Cc1nc(-c2cccc(-c3cc(C4(O)CCN(C)C4=O)on3)c2)ccc1NCC1COC1. The molecule has 32 heavy (non-hydrogen) atoms. The third-order valence-electron chi connectivity index (χ3n) is 6.26. The Kier molecular flexibility index (Phi) is 5.19. The highest BCUT2D eigenvalue weighted by atomic mass is 16.5. The second-order valence-corrected chi connectivity index (χ2v) is 8.61. The predicted molar refractivity (Wildman–Crippen MR) is 119 cm³/mol. The van der Waals surface area contributed by atoms with Gasteiger partial charge in [-0.1, -0.05) is 23.4 Å². The zero-order valence-electron chi connectivity index (χ0n) is 18.2. The third-order valence-corrected chi connectivity index (χ3v) is 6.26. The van der Waals surface area contributed by atoms with E-state index in [1.165, 1.54) is 4.90 Å². The minimum atomic E-state index is -1.65. The van der Waals surface area contributed by atoms with E-state index in [0.29, 0.717) is 18.2 Å². The first-order valence-corrected chi connectivity index (χ1v) is 10.8. The van der Waals surface area contributed by atoms with Crippen molar-refractivity contribution >= 4 is 11.6 Å². The molecule has 0 saturated carbocycles. The number of ether oxygens (including phenoxy) is 1. The molecule has 0 aliphatic carbocycles. The topological polar surface area (TPSA) is 101 Å². The molecular formula is C24H26N4O4. The Bertz CT molecular complexity index is 1160. The smallest absolute Gasteiger partial charge is 0.262 e. The van der Waals surface area contributed by atoms with Gasteiger partial charge in [-0.25, -0.2) is 0 Å². The largest absolute Gasteiger partial charge is 0.383 e. The van der Waals surface area contributed by atoms with Crippen molar-refractivity contribution in [2.45, 2.75) is 18.9 Å². The molecule has 1 amide bonds. The summed E-state index contributed by atoms with van der Waals surface area (Å²) >= 11 is 0. The minimum Gasteiger partial charge on any atom is -0.383 e. The van der Waals surface area contributed by atoms with E-state index in [-0.39, 0.29) is 18.1 Å². The fourth-order valence-corrected chi connectivity index (χ4v) is 4.09. The van der Waals surface area contributed by atoms with Gasteiger partial charge < -0.3 is 24.6 Å². The number of hydrogen-bond acceptors (Lipinski definition) is 7. The van der Waals surface area contributed by atoms with E-state index in [1.807, 2.05) is 37.3 Å². The molecule has 1 atom stereocenters. The monoisotopic (exact) mass is 434 g/mol. The summed E-state index contributed by atoms with van der Waals surface area (Å²) in [7, 11) is 1.67. The summed E-state index contributed by atoms with van der Waals surface area (Å²) in [5.41, 5.74) is 3.51. The molecule has 8 heteroatoms. The van der Waals surface area contributed by atoms with Crippen molar-refractivity contribution in [3.8, 4) is 22.5 Å². The lowest BCUT2D eigenvalue weighted by Gasteiger charge is -2.26. The summed E-state index contributed by atoms with van der Waals surface area (Å²) in [6.07, 6.45) is 0.286. The average molecular weight is 434 g/mol. The van der Waals surface area contributed by atoms with Crippen LogP contribution in [0.1, 0.15) is 17.9 Å². The lowest BCUT2D eigenvalue weighted by molar-refractivity contribution is -0.144. The van der Waals surface area contributed by atoms with Crippen LogP contribution in [-0.2, 0) is 15.1 Å². The fraction of sp³-hybridized carbons (Fsp3) is 0.375. The second-order valence-electron chi connectivity index (χ2n) is 8.61. The number of nitrogens with zero attached hydrogens (tertiary/aromatic N) is 3. The van der Waals surface area contributed by atoms with Gasteiger partial charge in [-0.05, 0) is 25.1 Å². The number of rotatable bonds is 6. The molecule has 0 bridgehead atoms. The van der Waals surface area contributed by atoms with Crippen molar-refractivity contribution in [1.29, 1.82) is 0 Å². The maximum Gasteiger partial charge on any atom is 0.262 e. The molecule has 0 radical (unpaired) electrons. The fourth-order valence-electron chi connectivity index (χ4n) is 4.09. The van der Waals surface area contributed by atoms with Crippen LogP contribution in [0.5, 0.6) is 0 Å². The van der Waals surface area contributed by atoms with Crippen LogP contribution in [-0.4, -0.2) is 59.4 Å². The first kappa shape index (κ1) is 20.7. The van der Waals surface area contributed by atoms with Crippen LogP contribution < -0.4 is 5.32 Å². The van der Waals surface area contributed by atoms with Gasteiger partial charge in [0, 0.05) is 49.7 Å². The maximum atomic E-state index is 12.3. The quantitative estimate of drug-likeness (QED) is 0.615. The number of likely N-dealkylation sites (N-methyl/N-ethyl adjacent to an activating group) is 1. The van der Waals surface area contributed by atoms with Crippen LogP contribution in [0.3, 0.4) is 0 Å². The Hall–Kier alpha value is -3.23. The zero-order chi connectivity index (χ0) is 22.3. The number of pyridine rings is 1. The molecule has 2 aliphatic rings. The number of aromatic nitrogens is 2. The van der Waals surface area contributed by atoms with E-state index in [4.69, 9.17) is 14.2 Å². The second kappa shape index (κ2) is 8.03. The van der Waals surface area contributed by atoms with Gasteiger partial charge in [-0.2, -0.15) is 0 Å². The Labute approximate surface area is 186 Å². The molecule has 1 unspecified atom stereocenters. The predicted octanol–water partition coefficient (Wildman–Crippen LogP) is 2.82. The Morgan fingerprint density at radius 3 is 2.62 bits per heavy atom. The number of aryl methyl sites for hydroxylation is 1. The minimum absolute atomic E-state index is 0.175.